The topological polar surface area (TPSA) is 99.0 Å². The van der Waals surface area contributed by atoms with Crippen molar-refractivity contribution in [3.05, 3.63) is 24.9 Å². The lowest BCUT2D eigenvalue weighted by Gasteiger charge is -2.04. The molecule has 9 heteroatoms. The number of sulfonamides is 1. The minimum atomic E-state index is -3.71. The Hall–Kier alpha value is -2.16. The van der Waals surface area contributed by atoms with Crippen LogP contribution in [-0.4, -0.2) is 35.0 Å². The molecule has 18 heavy (non-hydrogen) atoms. The van der Waals surface area contributed by atoms with Gasteiger partial charge in [0.15, 0.2) is 5.03 Å². The first-order valence-electron chi connectivity index (χ1n) is 4.88. The van der Waals surface area contributed by atoms with Gasteiger partial charge in [-0.3, -0.25) is 4.72 Å². The van der Waals surface area contributed by atoms with Crippen LogP contribution in [0.15, 0.2) is 29.9 Å². The highest BCUT2D eigenvalue weighted by atomic mass is 32.2. The molecule has 2 rings (SSSR count). The van der Waals surface area contributed by atoms with Crippen LogP contribution in [0.4, 0.5) is 5.69 Å². The van der Waals surface area contributed by atoms with Gasteiger partial charge in [-0.15, -0.1) is 0 Å². The van der Waals surface area contributed by atoms with E-state index in [1.165, 1.54) is 32.0 Å². The van der Waals surface area contributed by atoms with Crippen molar-refractivity contribution in [1.82, 2.24) is 19.5 Å². The molecule has 0 saturated heterocycles. The first-order chi connectivity index (χ1) is 8.51. The maximum Gasteiger partial charge on any atom is 0.316 e. The molecule has 2 aromatic rings. The summed E-state index contributed by atoms with van der Waals surface area (Å²) in [6, 6.07) is 0.163. The SMILES string of the molecule is COc1ncc(NS(=O)(=O)c2cn(C)cn2)cn1. The van der Waals surface area contributed by atoms with E-state index in [1.54, 1.807) is 11.6 Å². The van der Waals surface area contributed by atoms with E-state index in [1.807, 2.05) is 0 Å². The number of rotatable bonds is 4. The fraction of sp³-hybridized carbons (Fsp3) is 0.222. The summed E-state index contributed by atoms with van der Waals surface area (Å²) in [5.74, 6) is 0. The molecule has 0 radical (unpaired) electrons. The maximum atomic E-state index is 11.9. The predicted octanol–water partition coefficient (Wildman–Crippen LogP) is 0.0195. The summed E-state index contributed by atoms with van der Waals surface area (Å²) in [4.78, 5) is 11.4. The lowest BCUT2D eigenvalue weighted by atomic mass is 10.6. The number of anilines is 1. The van der Waals surface area contributed by atoms with E-state index in [9.17, 15) is 8.42 Å². The monoisotopic (exact) mass is 269 g/mol. The molecule has 0 aromatic carbocycles. The van der Waals surface area contributed by atoms with Gasteiger partial charge in [0, 0.05) is 13.2 Å². The van der Waals surface area contributed by atoms with Gasteiger partial charge in [0.05, 0.1) is 31.5 Å². The second-order valence-corrected chi connectivity index (χ2v) is 5.07. The molecule has 0 spiro atoms. The molecule has 0 atom stereocenters. The van der Waals surface area contributed by atoms with Gasteiger partial charge in [0.1, 0.15) is 0 Å². The van der Waals surface area contributed by atoms with Gasteiger partial charge in [0.25, 0.3) is 10.0 Å². The molecule has 0 fully saturated rings. The third kappa shape index (κ3) is 2.56. The fourth-order valence-corrected chi connectivity index (χ4v) is 2.22. The van der Waals surface area contributed by atoms with E-state index in [0.29, 0.717) is 0 Å². The normalized spacial score (nSPS) is 11.2. The largest absolute Gasteiger partial charge is 0.467 e. The number of hydrogen-bond acceptors (Lipinski definition) is 6. The van der Waals surface area contributed by atoms with E-state index in [2.05, 4.69) is 19.7 Å². The number of imidazole rings is 1. The Morgan fingerprint density at radius 1 is 1.28 bits per heavy atom. The van der Waals surface area contributed by atoms with E-state index in [0.717, 1.165) is 0 Å². The van der Waals surface area contributed by atoms with E-state index in [4.69, 9.17) is 4.74 Å². The highest BCUT2D eigenvalue weighted by molar-refractivity contribution is 7.92. The first-order valence-corrected chi connectivity index (χ1v) is 6.36. The Balaban J connectivity index is 2.22. The van der Waals surface area contributed by atoms with Gasteiger partial charge in [-0.05, 0) is 0 Å². The van der Waals surface area contributed by atoms with Crippen LogP contribution in [0.2, 0.25) is 0 Å². The smallest absolute Gasteiger partial charge is 0.316 e. The van der Waals surface area contributed by atoms with Crippen LogP contribution in [0.5, 0.6) is 6.01 Å². The Kier molecular flexibility index (Phi) is 3.15. The second kappa shape index (κ2) is 4.61. The van der Waals surface area contributed by atoms with Crippen LogP contribution in [-0.2, 0) is 17.1 Å². The molecule has 1 N–H and O–H groups in total. The van der Waals surface area contributed by atoms with Crippen molar-refractivity contribution in [3.63, 3.8) is 0 Å². The number of ether oxygens (including phenoxy) is 1. The first kappa shape index (κ1) is 12.3. The number of aryl methyl sites for hydroxylation is 1. The third-order valence-electron chi connectivity index (χ3n) is 2.02. The lowest BCUT2D eigenvalue weighted by molar-refractivity contribution is 0.380. The number of aromatic nitrogens is 4. The second-order valence-electron chi connectivity index (χ2n) is 3.44. The number of nitrogens with zero attached hydrogens (tertiary/aromatic N) is 4. The van der Waals surface area contributed by atoms with Crippen molar-refractivity contribution in [2.75, 3.05) is 11.8 Å². The van der Waals surface area contributed by atoms with Crippen LogP contribution in [0.1, 0.15) is 0 Å². The van der Waals surface area contributed by atoms with Crippen LogP contribution < -0.4 is 9.46 Å². The number of hydrogen-bond donors (Lipinski definition) is 1. The quantitative estimate of drug-likeness (QED) is 0.840. The highest BCUT2D eigenvalue weighted by Crippen LogP contribution is 2.13. The molecule has 96 valence electrons. The van der Waals surface area contributed by atoms with Crippen molar-refractivity contribution >= 4 is 15.7 Å². The summed E-state index contributed by atoms with van der Waals surface area (Å²) in [6.07, 6.45) is 5.42. The van der Waals surface area contributed by atoms with Crippen LogP contribution in [0.25, 0.3) is 0 Å². The van der Waals surface area contributed by atoms with Gasteiger partial charge in [-0.1, -0.05) is 0 Å². The average Bonchev–Trinajstić information content (AvgIpc) is 2.77. The molecule has 0 amide bonds. The van der Waals surface area contributed by atoms with Gasteiger partial charge >= 0.3 is 6.01 Å². The van der Waals surface area contributed by atoms with E-state index in [-0.39, 0.29) is 16.7 Å². The predicted molar refractivity (Wildman–Crippen MR) is 62.6 cm³/mol. The van der Waals surface area contributed by atoms with Crippen molar-refractivity contribution in [2.45, 2.75) is 5.03 Å². The number of nitrogens with one attached hydrogen (secondary N) is 1. The van der Waals surface area contributed by atoms with Crippen molar-refractivity contribution in [3.8, 4) is 6.01 Å². The Labute approximate surface area is 104 Å². The average molecular weight is 269 g/mol. The molecule has 0 aliphatic rings. The zero-order valence-electron chi connectivity index (χ0n) is 9.73. The summed E-state index contributed by atoms with van der Waals surface area (Å²) in [5, 5.41) is -0.0687. The van der Waals surface area contributed by atoms with E-state index < -0.39 is 10.0 Å². The number of methoxy groups -OCH3 is 1. The van der Waals surface area contributed by atoms with Crippen LogP contribution in [0.3, 0.4) is 0 Å². The minimum Gasteiger partial charge on any atom is -0.467 e. The minimum absolute atomic E-state index is 0.0687. The summed E-state index contributed by atoms with van der Waals surface area (Å²) in [5.41, 5.74) is 0.237. The molecule has 2 aromatic heterocycles. The van der Waals surface area contributed by atoms with Crippen molar-refractivity contribution in [1.29, 1.82) is 0 Å². The molecule has 8 nitrogen and oxygen atoms in total. The maximum absolute atomic E-state index is 11.9. The highest BCUT2D eigenvalue weighted by Gasteiger charge is 2.17. The molecular formula is C9H11N5O3S. The molecular weight excluding hydrogens is 258 g/mol. The summed E-state index contributed by atoms with van der Waals surface area (Å²) in [6.45, 7) is 0. The molecule has 0 aliphatic heterocycles. The summed E-state index contributed by atoms with van der Waals surface area (Å²) in [7, 11) is -0.608. The zero-order valence-corrected chi connectivity index (χ0v) is 10.5. The van der Waals surface area contributed by atoms with Gasteiger partial charge in [-0.25, -0.2) is 15.0 Å². The standard InChI is InChI=1S/C9H11N5O3S/c1-14-5-8(12-6-14)18(15,16)13-7-3-10-9(17-2)11-4-7/h3-6,13H,1-2H3. The van der Waals surface area contributed by atoms with Crippen LogP contribution in [0, 0.1) is 0 Å². The lowest BCUT2D eigenvalue weighted by Crippen LogP contribution is -2.13. The van der Waals surface area contributed by atoms with Crippen molar-refractivity contribution < 1.29 is 13.2 Å². The van der Waals surface area contributed by atoms with Crippen molar-refractivity contribution in [2.24, 2.45) is 7.05 Å². The Morgan fingerprint density at radius 2 is 1.94 bits per heavy atom. The third-order valence-corrected chi connectivity index (χ3v) is 3.29. The zero-order chi connectivity index (χ0) is 13.2. The fourth-order valence-electron chi connectivity index (χ4n) is 1.21. The van der Waals surface area contributed by atoms with Gasteiger partial charge < -0.3 is 9.30 Å². The summed E-state index contributed by atoms with van der Waals surface area (Å²) < 4.78 is 32.4. The molecule has 0 saturated carbocycles. The molecule has 0 bridgehead atoms. The van der Waals surface area contributed by atoms with Gasteiger partial charge in [0.2, 0.25) is 0 Å². The molecule has 2 heterocycles. The Bertz CT molecular complexity index is 634. The molecule has 0 unspecified atom stereocenters. The Morgan fingerprint density at radius 3 is 2.44 bits per heavy atom. The molecule has 0 aliphatic carbocycles. The van der Waals surface area contributed by atoms with E-state index >= 15 is 0 Å². The van der Waals surface area contributed by atoms with Gasteiger partial charge in [-0.2, -0.15) is 8.42 Å². The van der Waals surface area contributed by atoms with Crippen LogP contribution >= 0.6 is 0 Å². The summed E-state index contributed by atoms with van der Waals surface area (Å²) >= 11 is 0.